The molecule has 1 saturated heterocycles. The van der Waals surface area contributed by atoms with Gasteiger partial charge >= 0.3 is 0 Å². The molecule has 16 heavy (non-hydrogen) atoms. The molecular formula is C11H13BrO2S2. The molecule has 5 heteroatoms. The predicted octanol–water partition coefficient (Wildman–Crippen LogP) is 3.85. The summed E-state index contributed by atoms with van der Waals surface area (Å²) in [6.45, 7) is 4.39. The van der Waals surface area contributed by atoms with Crippen LogP contribution in [0.5, 0.6) is 0 Å². The van der Waals surface area contributed by atoms with Gasteiger partial charge in [-0.3, -0.25) is 4.79 Å². The Morgan fingerprint density at radius 3 is 2.81 bits per heavy atom. The largest absolute Gasteiger partial charge is 0.460 e. The zero-order valence-corrected chi connectivity index (χ0v) is 12.3. The van der Waals surface area contributed by atoms with E-state index in [1.165, 1.54) is 0 Å². The third-order valence-electron chi connectivity index (χ3n) is 2.68. The lowest BCUT2D eigenvalue weighted by Gasteiger charge is -2.29. The fourth-order valence-electron chi connectivity index (χ4n) is 1.54. The SMILES string of the molecule is CC1SCC(C(=O)c2occc2Br)SC1C. The van der Waals surface area contributed by atoms with Crippen molar-refractivity contribution in [3.8, 4) is 0 Å². The van der Waals surface area contributed by atoms with Gasteiger partial charge in [-0.1, -0.05) is 13.8 Å². The molecule has 3 unspecified atom stereocenters. The highest BCUT2D eigenvalue weighted by atomic mass is 79.9. The van der Waals surface area contributed by atoms with Crippen molar-refractivity contribution < 1.29 is 9.21 Å². The van der Waals surface area contributed by atoms with Crippen LogP contribution in [0, 0.1) is 0 Å². The van der Waals surface area contributed by atoms with Gasteiger partial charge in [-0.05, 0) is 22.0 Å². The number of hydrogen-bond donors (Lipinski definition) is 0. The van der Waals surface area contributed by atoms with Crippen LogP contribution in [0.3, 0.4) is 0 Å². The van der Waals surface area contributed by atoms with Crippen molar-refractivity contribution in [2.75, 3.05) is 5.75 Å². The molecule has 1 aliphatic rings. The molecule has 3 atom stereocenters. The number of carbonyl (C=O) groups excluding carboxylic acids is 1. The van der Waals surface area contributed by atoms with Crippen LogP contribution in [0.1, 0.15) is 24.4 Å². The number of Topliss-reactive ketones (excluding diaryl/α,β-unsaturated/α-hetero) is 1. The lowest BCUT2D eigenvalue weighted by molar-refractivity contribution is 0.0967. The number of thioether (sulfide) groups is 2. The van der Waals surface area contributed by atoms with Gasteiger partial charge in [-0.2, -0.15) is 11.8 Å². The van der Waals surface area contributed by atoms with Gasteiger partial charge in [0.1, 0.15) is 0 Å². The number of halogens is 1. The van der Waals surface area contributed by atoms with E-state index in [0.29, 0.717) is 16.3 Å². The molecular weight excluding hydrogens is 308 g/mol. The summed E-state index contributed by atoms with van der Waals surface area (Å²) in [5, 5.41) is 1.16. The minimum absolute atomic E-state index is 0.0265. The third-order valence-corrected chi connectivity index (χ3v) is 6.70. The summed E-state index contributed by atoms with van der Waals surface area (Å²) < 4.78 is 5.98. The molecule has 0 aliphatic carbocycles. The first-order valence-corrected chi connectivity index (χ1v) is 7.92. The van der Waals surface area contributed by atoms with Crippen LogP contribution in [0.4, 0.5) is 0 Å². The van der Waals surface area contributed by atoms with E-state index in [1.54, 1.807) is 24.1 Å². The van der Waals surface area contributed by atoms with Crippen molar-refractivity contribution in [2.24, 2.45) is 0 Å². The first-order chi connectivity index (χ1) is 7.59. The molecule has 0 bridgehead atoms. The van der Waals surface area contributed by atoms with Gasteiger partial charge < -0.3 is 4.42 Å². The highest BCUT2D eigenvalue weighted by Gasteiger charge is 2.32. The normalized spacial score (nSPS) is 30.3. The molecule has 0 amide bonds. The van der Waals surface area contributed by atoms with E-state index in [4.69, 9.17) is 4.42 Å². The standard InChI is InChI=1S/C11H13BrO2S2/c1-6-7(2)16-9(5-15-6)10(13)11-8(12)3-4-14-11/h3-4,6-7,9H,5H2,1-2H3. The van der Waals surface area contributed by atoms with Crippen LogP contribution in [-0.2, 0) is 0 Å². The third kappa shape index (κ3) is 2.51. The topological polar surface area (TPSA) is 30.2 Å². The fraction of sp³-hybridized carbons (Fsp3) is 0.545. The first-order valence-electron chi connectivity index (χ1n) is 5.14. The number of rotatable bonds is 2. The maximum absolute atomic E-state index is 12.2. The second-order valence-corrected chi connectivity index (χ2v) is 7.68. The fourth-order valence-corrected chi connectivity index (χ4v) is 4.78. The van der Waals surface area contributed by atoms with Crippen LogP contribution >= 0.6 is 39.5 Å². The summed E-state index contributed by atoms with van der Waals surface area (Å²) in [6, 6.07) is 1.76. The van der Waals surface area contributed by atoms with Gasteiger partial charge in [0.25, 0.3) is 0 Å². The van der Waals surface area contributed by atoms with Crippen molar-refractivity contribution in [3.05, 3.63) is 22.6 Å². The summed E-state index contributed by atoms with van der Waals surface area (Å²) in [5.74, 6) is 1.44. The maximum Gasteiger partial charge on any atom is 0.212 e. The zero-order chi connectivity index (χ0) is 11.7. The second kappa shape index (κ2) is 5.19. The molecule has 2 nitrogen and oxygen atoms in total. The summed E-state index contributed by atoms with van der Waals surface area (Å²) in [4.78, 5) is 12.2. The Labute approximate surface area is 112 Å². The Kier molecular flexibility index (Phi) is 4.08. The van der Waals surface area contributed by atoms with Gasteiger partial charge in [0.05, 0.1) is 16.0 Å². The van der Waals surface area contributed by atoms with Crippen LogP contribution < -0.4 is 0 Å². The number of furan rings is 1. The zero-order valence-electron chi connectivity index (χ0n) is 9.10. The smallest absolute Gasteiger partial charge is 0.212 e. The van der Waals surface area contributed by atoms with E-state index < -0.39 is 0 Å². The molecule has 1 aromatic heterocycles. The monoisotopic (exact) mass is 320 g/mol. The van der Waals surface area contributed by atoms with Crippen molar-refractivity contribution in [2.45, 2.75) is 29.6 Å². The molecule has 2 heterocycles. The van der Waals surface area contributed by atoms with E-state index in [0.717, 1.165) is 10.2 Å². The Balaban J connectivity index is 2.09. The number of hydrogen-bond acceptors (Lipinski definition) is 4. The quantitative estimate of drug-likeness (QED) is 0.774. The van der Waals surface area contributed by atoms with Gasteiger partial charge in [-0.25, -0.2) is 0 Å². The summed E-state index contributed by atoms with van der Waals surface area (Å²) in [5.41, 5.74) is 0. The maximum atomic E-state index is 12.2. The highest BCUT2D eigenvalue weighted by molar-refractivity contribution is 9.10. The highest BCUT2D eigenvalue weighted by Crippen LogP contribution is 2.37. The number of ketones is 1. The van der Waals surface area contributed by atoms with Crippen LogP contribution in [-0.4, -0.2) is 27.3 Å². The van der Waals surface area contributed by atoms with Crippen LogP contribution in [0.2, 0.25) is 0 Å². The number of carbonyl (C=O) groups is 1. The van der Waals surface area contributed by atoms with E-state index >= 15 is 0 Å². The molecule has 88 valence electrons. The van der Waals surface area contributed by atoms with Crippen molar-refractivity contribution in [1.29, 1.82) is 0 Å². The predicted molar refractivity (Wildman–Crippen MR) is 73.5 cm³/mol. The Morgan fingerprint density at radius 2 is 2.25 bits per heavy atom. The summed E-state index contributed by atoms with van der Waals surface area (Å²) in [6.07, 6.45) is 1.55. The average Bonchev–Trinajstić information content (AvgIpc) is 2.67. The average molecular weight is 321 g/mol. The Bertz CT molecular complexity index is 391. The van der Waals surface area contributed by atoms with Crippen molar-refractivity contribution in [1.82, 2.24) is 0 Å². The van der Waals surface area contributed by atoms with Gasteiger partial charge in [0.15, 0.2) is 5.76 Å². The lowest BCUT2D eigenvalue weighted by Crippen LogP contribution is -2.31. The van der Waals surface area contributed by atoms with E-state index in [9.17, 15) is 4.79 Å². The Morgan fingerprint density at radius 1 is 1.50 bits per heavy atom. The van der Waals surface area contributed by atoms with Crippen molar-refractivity contribution >= 4 is 45.2 Å². The van der Waals surface area contributed by atoms with Gasteiger partial charge in [0, 0.05) is 16.3 Å². The minimum Gasteiger partial charge on any atom is -0.460 e. The molecule has 2 rings (SSSR count). The van der Waals surface area contributed by atoms with E-state index in [2.05, 4.69) is 29.8 Å². The molecule has 0 aromatic carbocycles. The van der Waals surface area contributed by atoms with Crippen LogP contribution in [0.25, 0.3) is 0 Å². The summed E-state index contributed by atoms with van der Waals surface area (Å²) in [7, 11) is 0. The second-order valence-electron chi connectivity index (χ2n) is 3.83. The van der Waals surface area contributed by atoms with E-state index in [-0.39, 0.29) is 11.0 Å². The molecule has 1 aliphatic heterocycles. The van der Waals surface area contributed by atoms with E-state index in [1.807, 2.05) is 11.8 Å². The summed E-state index contributed by atoms with van der Waals surface area (Å²) >= 11 is 6.96. The van der Waals surface area contributed by atoms with Crippen molar-refractivity contribution in [3.63, 3.8) is 0 Å². The molecule has 0 radical (unpaired) electrons. The molecule has 0 spiro atoms. The molecule has 0 N–H and O–H groups in total. The van der Waals surface area contributed by atoms with Gasteiger partial charge in [-0.15, -0.1) is 11.8 Å². The minimum atomic E-state index is 0.0265. The molecule has 1 aromatic rings. The first kappa shape index (κ1) is 12.6. The Hall–Kier alpha value is 0.130. The lowest BCUT2D eigenvalue weighted by atomic mass is 10.2. The van der Waals surface area contributed by atoms with Crippen LogP contribution in [0.15, 0.2) is 21.2 Å². The molecule has 0 saturated carbocycles. The van der Waals surface area contributed by atoms with Gasteiger partial charge in [0.2, 0.25) is 5.78 Å². The molecule has 1 fully saturated rings.